The monoisotopic (exact) mass is 349 g/mol. The maximum Gasteiger partial charge on any atom is 0.174 e. The molecule has 1 N–H and O–H groups in total. The van der Waals surface area contributed by atoms with Crippen LogP contribution in [0.3, 0.4) is 0 Å². The highest BCUT2D eigenvalue weighted by atomic mass is 32.1. The van der Waals surface area contributed by atoms with Crippen molar-refractivity contribution in [3.63, 3.8) is 0 Å². The molecule has 0 aliphatic carbocycles. The number of nitrogens with zero attached hydrogens (tertiary/aromatic N) is 2. The van der Waals surface area contributed by atoms with Gasteiger partial charge in [-0.15, -0.1) is 0 Å². The van der Waals surface area contributed by atoms with E-state index in [9.17, 15) is 0 Å². The highest BCUT2D eigenvalue weighted by Gasteiger charge is 2.42. The second kappa shape index (κ2) is 6.33. The van der Waals surface area contributed by atoms with E-state index < -0.39 is 0 Å². The number of hydrogen-bond acceptors (Lipinski definition) is 3. The van der Waals surface area contributed by atoms with E-state index in [1.54, 1.807) is 6.20 Å². The molecule has 126 valence electrons. The third kappa shape index (κ3) is 2.91. The first-order valence-electron chi connectivity index (χ1n) is 8.27. The lowest BCUT2D eigenvalue weighted by atomic mass is 10.0. The Hall–Kier alpha value is -2.66. The van der Waals surface area contributed by atoms with Crippen molar-refractivity contribution in [1.29, 1.82) is 0 Å². The number of pyridine rings is 1. The van der Waals surface area contributed by atoms with E-state index in [1.807, 2.05) is 43.3 Å². The van der Waals surface area contributed by atoms with Crippen LogP contribution in [0.1, 0.15) is 34.9 Å². The van der Waals surface area contributed by atoms with Gasteiger partial charge in [0.1, 0.15) is 17.6 Å². The van der Waals surface area contributed by atoms with E-state index >= 15 is 0 Å². The van der Waals surface area contributed by atoms with Crippen LogP contribution in [-0.2, 0) is 0 Å². The maximum absolute atomic E-state index is 5.98. The van der Waals surface area contributed by atoms with Crippen LogP contribution in [0.5, 0.6) is 0 Å². The van der Waals surface area contributed by atoms with Crippen LogP contribution in [0, 0.1) is 13.8 Å². The van der Waals surface area contributed by atoms with Gasteiger partial charge in [-0.05, 0) is 68.0 Å². The molecule has 0 spiro atoms. The number of anilines is 1. The van der Waals surface area contributed by atoms with Gasteiger partial charge in [-0.3, -0.25) is 4.98 Å². The van der Waals surface area contributed by atoms with Crippen molar-refractivity contribution in [3.05, 3.63) is 83.6 Å². The Bertz CT molecular complexity index is 906. The van der Waals surface area contributed by atoms with Crippen molar-refractivity contribution in [3.8, 4) is 0 Å². The second-order valence-corrected chi connectivity index (χ2v) is 6.67. The smallest absolute Gasteiger partial charge is 0.174 e. The van der Waals surface area contributed by atoms with E-state index in [0.29, 0.717) is 5.11 Å². The molecule has 4 nitrogen and oxygen atoms in total. The van der Waals surface area contributed by atoms with Gasteiger partial charge in [-0.1, -0.05) is 18.2 Å². The molecule has 3 heterocycles. The van der Waals surface area contributed by atoms with Gasteiger partial charge in [0, 0.05) is 11.9 Å². The summed E-state index contributed by atoms with van der Waals surface area (Å²) in [5, 5.41) is 4.11. The average molecular weight is 349 g/mol. The minimum absolute atomic E-state index is 0.0697. The lowest BCUT2D eigenvalue weighted by Gasteiger charge is -2.26. The Morgan fingerprint density at radius 1 is 1.08 bits per heavy atom. The molecule has 2 atom stereocenters. The largest absolute Gasteiger partial charge is 0.464 e. The molecule has 25 heavy (non-hydrogen) atoms. The topological polar surface area (TPSA) is 41.3 Å². The Morgan fingerprint density at radius 3 is 2.64 bits per heavy atom. The van der Waals surface area contributed by atoms with Gasteiger partial charge in [0.25, 0.3) is 0 Å². The normalized spacial score (nSPS) is 19.9. The van der Waals surface area contributed by atoms with Gasteiger partial charge in [-0.25, -0.2) is 0 Å². The zero-order valence-corrected chi connectivity index (χ0v) is 15.0. The van der Waals surface area contributed by atoms with Gasteiger partial charge in [0.15, 0.2) is 5.11 Å². The summed E-state index contributed by atoms with van der Waals surface area (Å²) < 4.78 is 5.98. The second-order valence-electron chi connectivity index (χ2n) is 6.28. The number of aromatic nitrogens is 1. The van der Waals surface area contributed by atoms with Gasteiger partial charge in [-0.2, -0.15) is 0 Å². The third-order valence-corrected chi connectivity index (χ3v) is 4.75. The fraction of sp³-hybridized carbons (Fsp3) is 0.200. The molecule has 1 fully saturated rings. The van der Waals surface area contributed by atoms with Crippen LogP contribution in [0.2, 0.25) is 0 Å². The number of hydrogen-bond donors (Lipinski definition) is 1. The molecule has 0 unspecified atom stereocenters. The number of benzene rings is 1. The van der Waals surface area contributed by atoms with Crippen molar-refractivity contribution >= 4 is 23.0 Å². The lowest BCUT2D eigenvalue weighted by molar-refractivity contribution is 0.418. The molecule has 0 amide bonds. The standard InChI is InChI=1S/C20H19N3OS/c1-13-6-5-7-15(12-13)23-19(17-10-9-14(2)24-17)18(22-20(23)25)16-8-3-4-11-21-16/h3-12,18-19H,1-2H3,(H,22,25)/t18-,19-/m0/s1. The molecule has 3 aromatic rings. The summed E-state index contributed by atoms with van der Waals surface area (Å²) in [5.41, 5.74) is 3.19. The fourth-order valence-corrected chi connectivity index (χ4v) is 3.66. The average Bonchev–Trinajstić information content (AvgIpc) is 3.18. The van der Waals surface area contributed by atoms with Crippen molar-refractivity contribution in [2.45, 2.75) is 25.9 Å². The Balaban J connectivity index is 1.83. The fourth-order valence-electron chi connectivity index (χ4n) is 3.31. The molecule has 4 rings (SSSR count). The van der Waals surface area contributed by atoms with Crippen molar-refractivity contribution in [2.75, 3.05) is 4.90 Å². The summed E-state index contributed by atoms with van der Waals surface area (Å²) >= 11 is 5.67. The molecule has 1 aliphatic rings. The van der Waals surface area contributed by atoms with E-state index in [4.69, 9.17) is 16.6 Å². The first-order valence-corrected chi connectivity index (χ1v) is 8.68. The number of furan rings is 1. The highest BCUT2D eigenvalue weighted by Crippen LogP contribution is 2.41. The van der Waals surface area contributed by atoms with E-state index in [2.05, 4.69) is 40.3 Å². The number of nitrogens with one attached hydrogen (secondary N) is 1. The molecule has 0 bridgehead atoms. The molecule has 1 aliphatic heterocycles. The summed E-state index contributed by atoms with van der Waals surface area (Å²) in [6.45, 7) is 4.04. The first-order chi connectivity index (χ1) is 12.1. The molecule has 0 radical (unpaired) electrons. The van der Waals surface area contributed by atoms with Gasteiger partial charge >= 0.3 is 0 Å². The molecule has 2 aromatic heterocycles. The van der Waals surface area contributed by atoms with E-state index in [1.165, 1.54) is 5.56 Å². The van der Waals surface area contributed by atoms with Crippen LogP contribution in [0.15, 0.2) is 65.2 Å². The van der Waals surface area contributed by atoms with Crippen molar-refractivity contribution < 1.29 is 4.42 Å². The molecule has 0 saturated carbocycles. The van der Waals surface area contributed by atoms with Crippen LogP contribution in [0.4, 0.5) is 5.69 Å². The zero-order valence-electron chi connectivity index (χ0n) is 14.1. The predicted octanol–water partition coefficient (Wildman–Crippen LogP) is 4.47. The van der Waals surface area contributed by atoms with Crippen LogP contribution in [-0.4, -0.2) is 10.1 Å². The number of aryl methyl sites for hydroxylation is 2. The molecular weight excluding hydrogens is 330 g/mol. The zero-order chi connectivity index (χ0) is 17.4. The minimum Gasteiger partial charge on any atom is -0.464 e. The Morgan fingerprint density at radius 2 is 1.96 bits per heavy atom. The van der Waals surface area contributed by atoms with Gasteiger partial charge < -0.3 is 14.6 Å². The Labute approximate surface area is 152 Å². The maximum atomic E-state index is 5.98. The lowest BCUT2D eigenvalue weighted by Crippen LogP contribution is -2.29. The molecular formula is C20H19N3OS. The van der Waals surface area contributed by atoms with Gasteiger partial charge in [0.2, 0.25) is 0 Å². The number of rotatable bonds is 3. The predicted molar refractivity (Wildman–Crippen MR) is 103 cm³/mol. The summed E-state index contributed by atoms with van der Waals surface area (Å²) in [7, 11) is 0. The van der Waals surface area contributed by atoms with Crippen molar-refractivity contribution in [1.82, 2.24) is 10.3 Å². The van der Waals surface area contributed by atoms with Gasteiger partial charge in [0.05, 0.1) is 11.7 Å². The van der Waals surface area contributed by atoms with E-state index in [-0.39, 0.29) is 12.1 Å². The third-order valence-electron chi connectivity index (χ3n) is 4.43. The summed E-state index contributed by atoms with van der Waals surface area (Å²) in [6, 6.07) is 18.1. The summed E-state index contributed by atoms with van der Waals surface area (Å²) in [4.78, 5) is 6.66. The van der Waals surface area contributed by atoms with Crippen molar-refractivity contribution in [2.24, 2.45) is 0 Å². The molecule has 5 heteroatoms. The summed E-state index contributed by atoms with van der Waals surface area (Å²) in [5.74, 6) is 1.76. The van der Waals surface area contributed by atoms with Crippen LogP contribution in [0.25, 0.3) is 0 Å². The quantitative estimate of drug-likeness (QED) is 0.707. The number of thiocarbonyl (C=S) groups is 1. The Kier molecular flexibility index (Phi) is 4.01. The van der Waals surface area contributed by atoms with Crippen LogP contribution < -0.4 is 10.2 Å². The first kappa shape index (κ1) is 15.8. The van der Waals surface area contributed by atoms with E-state index in [0.717, 1.165) is 22.9 Å². The molecule has 1 saturated heterocycles. The SMILES string of the molecule is Cc1cccc(N2C(=S)N[C@@H](c3ccccn3)[C@@H]2c2ccc(C)o2)c1. The highest BCUT2D eigenvalue weighted by molar-refractivity contribution is 7.80. The van der Waals surface area contributed by atoms with Crippen LogP contribution >= 0.6 is 12.2 Å². The minimum atomic E-state index is -0.0853. The molecule has 1 aromatic carbocycles. The summed E-state index contributed by atoms with van der Waals surface area (Å²) in [6.07, 6.45) is 1.81.